The number of halogens is 1. The van der Waals surface area contributed by atoms with Crippen LogP contribution in [0.3, 0.4) is 0 Å². The number of carbonyl (C=O) groups is 1. The highest BCUT2D eigenvalue weighted by molar-refractivity contribution is 9.11. The zero-order chi connectivity index (χ0) is 14.1. The van der Waals surface area contributed by atoms with Gasteiger partial charge in [-0.2, -0.15) is 4.31 Å². The summed E-state index contributed by atoms with van der Waals surface area (Å²) >= 11 is 4.25. The molecule has 0 aromatic carbocycles. The maximum Gasteiger partial charge on any atom is 0.324 e. The highest BCUT2D eigenvalue weighted by Crippen LogP contribution is 2.31. The molecule has 1 heterocycles. The Labute approximate surface area is 119 Å². The summed E-state index contributed by atoms with van der Waals surface area (Å²) in [6.07, 6.45) is 0. The van der Waals surface area contributed by atoms with Gasteiger partial charge in [-0.1, -0.05) is 6.92 Å². The van der Waals surface area contributed by atoms with Gasteiger partial charge in [0.15, 0.2) is 0 Å². The molecule has 0 spiro atoms. The van der Waals surface area contributed by atoms with Gasteiger partial charge >= 0.3 is 5.97 Å². The molecule has 5 nitrogen and oxygen atoms in total. The third kappa shape index (κ3) is 2.76. The average Bonchev–Trinajstić information content (AvgIpc) is 2.65. The Bertz CT molecular complexity index is 550. The fourth-order valence-electron chi connectivity index (χ4n) is 1.52. The standard InChI is InChI=1S/C10H14BrNO4S2/c1-4-12(10(2,3)9(13)14)18(15,16)8-6-5-7(11)17-8/h5-6H,4H2,1-3H3,(H,13,14). The fourth-order valence-corrected chi connectivity index (χ4v) is 5.40. The normalized spacial score (nSPS) is 12.9. The fraction of sp³-hybridized carbons (Fsp3) is 0.500. The number of nitrogens with zero attached hydrogens (tertiary/aromatic N) is 1. The van der Waals surface area contributed by atoms with Crippen LogP contribution in [-0.4, -0.2) is 35.9 Å². The molecule has 0 saturated carbocycles. The van der Waals surface area contributed by atoms with Crippen molar-refractivity contribution in [2.45, 2.75) is 30.5 Å². The van der Waals surface area contributed by atoms with E-state index in [1.165, 1.54) is 19.9 Å². The first-order chi connectivity index (χ1) is 8.14. The van der Waals surface area contributed by atoms with Crippen molar-refractivity contribution in [3.05, 3.63) is 15.9 Å². The van der Waals surface area contributed by atoms with Crippen molar-refractivity contribution in [2.75, 3.05) is 6.54 Å². The molecule has 0 saturated heterocycles. The minimum absolute atomic E-state index is 0.0944. The molecule has 8 heteroatoms. The van der Waals surface area contributed by atoms with Crippen LogP contribution in [0.4, 0.5) is 0 Å². The molecule has 1 aromatic heterocycles. The molecule has 18 heavy (non-hydrogen) atoms. The van der Waals surface area contributed by atoms with E-state index in [1.54, 1.807) is 13.0 Å². The number of hydrogen-bond donors (Lipinski definition) is 1. The zero-order valence-electron chi connectivity index (χ0n) is 10.2. The molecular formula is C10H14BrNO4S2. The summed E-state index contributed by atoms with van der Waals surface area (Å²) in [6, 6.07) is 3.09. The van der Waals surface area contributed by atoms with Crippen LogP contribution >= 0.6 is 27.3 Å². The molecule has 1 rings (SSSR count). The van der Waals surface area contributed by atoms with Gasteiger partial charge in [-0.3, -0.25) is 4.79 Å². The first kappa shape index (κ1) is 15.6. The van der Waals surface area contributed by atoms with Gasteiger partial charge in [0.25, 0.3) is 10.0 Å². The van der Waals surface area contributed by atoms with Crippen LogP contribution in [0.1, 0.15) is 20.8 Å². The first-order valence-electron chi connectivity index (χ1n) is 5.15. The molecule has 0 unspecified atom stereocenters. The van der Waals surface area contributed by atoms with Crippen LogP contribution in [-0.2, 0) is 14.8 Å². The van der Waals surface area contributed by atoms with Crippen molar-refractivity contribution in [3.63, 3.8) is 0 Å². The predicted molar refractivity (Wildman–Crippen MR) is 73.3 cm³/mol. The summed E-state index contributed by atoms with van der Waals surface area (Å²) in [7, 11) is -3.79. The Balaban J connectivity index is 3.29. The van der Waals surface area contributed by atoms with Crippen LogP contribution in [0, 0.1) is 0 Å². The third-order valence-corrected chi connectivity index (χ3v) is 6.77. The molecule has 0 bridgehead atoms. The number of hydrogen-bond acceptors (Lipinski definition) is 4. The van der Waals surface area contributed by atoms with Crippen molar-refractivity contribution in [1.82, 2.24) is 4.31 Å². The van der Waals surface area contributed by atoms with E-state index in [0.717, 1.165) is 15.6 Å². The Morgan fingerprint density at radius 3 is 2.39 bits per heavy atom. The number of carboxylic acids is 1. The second-order valence-corrected chi connectivity index (χ2v) is 8.64. The van der Waals surface area contributed by atoms with E-state index in [-0.39, 0.29) is 10.8 Å². The molecule has 0 aliphatic heterocycles. The topological polar surface area (TPSA) is 74.7 Å². The number of aliphatic carboxylic acids is 1. The lowest BCUT2D eigenvalue weighted by Gasteiger charge is -2.32. The van der Waals surface area contributed by atoms with Crippen LogP contribution in [0.15, 0.2) is 20.1 Å². The van der Waals surface area contributed by atoms with Gasteiger partial charge < -0.3 is 5.11 Å². The third-order valence-electron chi connectivity index (χ3n) is 2.53. The Kier molecular flexibility index (Phi) is 4.58. The largest absolute Gasteiger partial charge is 0.480 e. The SMILES string of the molecule is CCN(C(C)(C)C(=O)O)S(=O)(=O)c1ccc(Br)s1. The first-order valence-corrected chi connectivity index (χ1v) is 8.20. The van der Waals surface area contributed by atoms with Gasteiger partial charge in [0, 0.05) is 6.54 Å². The van der Waals surface area contributed by atoms with Crippen LogP contribution in [0.5, 0.6) is 0 Å². The van der Waals surface area contributed by atoms with Gasteiger partial charge in [-0.15, -0.1) is 11.3 Å². The lowest BCUT2D eigenvalue weighted by atomic mass is 10.1. The smallest absolute Gasteiger partial charge is 0.324 e. The number of carboxylic acid groups (broad SMARTS) is 1. The van der Waals surface area contributed by atoms with E-state index in [0.29, 0.717) is 3.79 Å². The van der Waals surface area contributed by atoms with Gasteiger partial charge in [0.1, 0.15) is 9.75 Å². The second-order valence-electron chi connectivity index (χ2n) is 4.09. The maximum atomic E-state index is 12.4. The summed E-state index contributed by atoms with van der Waals surface area (Å²) in [4.78, 5) is 11.2. The van der Waals surface area contributed by atoms with E-state index >= 15 is 0 Å². The Morgan fingerprint density at radius 1 is 1.50 bits per heavy atom. The lowest BCUT2D eigenvalue weighted by Crippen LogP contribution is -2.52. The Hall–Kier alpha value is -0.440. The molecule has 1 N–H and O–H groups in total. The summed E-state index contributed by atoms with van der Waals surface area (Å²) < 4.78 is 26.6. The van der Waals surface area contributed by atoms with Crippen molar-refractivity contribution >= 4 is 43.3 Å². The highest BCUT2D eigenvalue weighted by atomic mass is 79.9. The highest BCUT2D eigenvalue weighted by Gasteiger charge is 2.42. The summed E-state index contributed by atoms with van der Waals surface area (Å²) in [5.74, 6) is -1.18. The van der Waals surface area contributed by atoms with E-state index in [4.69, 9.17) is 5.11 Å². The Morgan fingerprint density at radius 2 is 2.06 bits per heavy atom. The maximum absolute atomic E-state index is 12.4. The van der Waals surface area contributed by atoms with Crippen molar-refractivity contribution in [1.29, 1.82) is 0 Å². The van der Waals surface area contributed by atoms with Crippen molar-refractivity contribution in [2.24, 2.45) is 0 Å². The minimum atomic E-state index is -3.79. The molecule has 0 aliphatic carbocycles. The van der Waals surface area contributed by atoms with E-state index in [9.17, 15) is 13.2 Å². The molecule has 0 aliphatic rings. The number of likely N-dealkylation sites (N-methyl/N-ethyl adjacent to an activating group) is 1. The van der Waals surface area contributed by atoms with E-state index < -0.39 is 21.5 Å². The van der Waals surface area contributed by atoms with E-state index in [1.807, 2.05) is 0 Å². The number of thiophene rings is 1. The predicted octanol–water partition coefficient (Wildman–Crippen LogP) is 2.38. The van der Waals surface area contributed by atoms with Gasteiger partial charge in [0.05, 0.1) is 3.79 Å². The monoisotopic (exact) mass is 355 g/mol. The van der Waals surface area contributed by atoms with Gasteiger partial charge in [0.2, 0.25) is 0 Å². The molecule has 1 aromatic rings. The molecule has 0 amide bonds. The zero-order valence-corrected chi connectivity index (χ0v) is 13.4. The molecular weight excluding hydrogens is 342 g/mol. The molecule has 102 valence electrons. The number of rotatable bonds is 5. The molecule has 0 fully saturated rings. The summed E-state index contributed by atoms with van der Waals surface area (Å²) in [6.45, 7) is 4.46. The average molecular weight is 356 g/mol. The van der Waals surface area contributed by atoms with E-state index in [2.05, 4.69) is 15.9 Å². The van der Waals surface area contributed by atoms with Gasteiger partial charge in [-0.25, -0.2) is 8.42 Å². The van der Waals surface area contributed by atoms with Crippen LogP contribution < -0.4 is 0 Å². The summed E-state index contributed by atoms with van der Waals surface area (Å²) in [5, 5.41) is 9.15. The van der Waals surface area contributed by atoms with Crippen LogP contribution in [0.25, 0.3) is 0 Å². The molecule has 0 radical (unpaired) electrons. The van der Waals surface area contributed by atoms with Gasteiger partial charge in [-0.05, 0) is 41.9 Å². The quantitative estimate of drug-likeness (QED) is 0.879. The number of sulfonamides is 1. The van der Waals surface area contributed by atoms with Crippen LogP contribution in [0.2, 0.25) is 0 Å². The lowest BCUT2D eigenvalue weighted by molar-refractivity contribution is -0.146. The van der Waals surface area contributed by atoms with Crippen molar-refractivity contribution < 1.29 is 18.3 Å². The summed E-state index contributed by atoms with van der Waals surface area (Å²) in [5.41, 5.74) is -1.48. The minimum Gasteiger partial charge on any atom is -0.480 e. The van der Waals surface area contributed by atoms with Crippen molar-refractivity contribution in [3.8, 4) is 0 Å². The molecule has 0 atom stereocenters. The second kappa shape index (κ2) is 5.28.